The van der Waals surface area contributed by atoms with Crippen LogP contribution in [0.4, 0.5) is 0 Å². The minimum Gasteiger partial charge on any atom is -0.487 e. The minimum atomic E-state index is 0.0792. The van der Waals surface area contributed by atoms with Gasteiger partial charge >= 0.3 is 0 Å². The van der Waals surface area contributed by atoms with Crippen LogP contribution in [0, 0.1) is 11.3 Å². The molecule has 0 aromatic heterocycles. The van der Waals surface area contributed by atoms with Gasteiger partial charge < -0.3 is 9.47 Å². The first-order valence-electron chi connectivity index (χ1n) is 5.57. The molecule has 1 fully saturated rings. The monoisotopic (exact) mass is 217 g/mol. The third kappa shape index (κ3) is 2.46. The van der Waals surface area contributed by atoms with Gasteiger partial charge in [-0.25, -0.2) is 0 Å². The average molecular weight is 217 g/mol. The summed E-state index contributed by atoms with van der Waals surface area (Å²) in [4.78, 5) is 0. The Bertz CT molecular complexity index is 416. The molecule has 0 atom stereocenters. The first kappa shape index (κ1) is 10.8. The second kappa shape index (κ2) is 4.44. The Labute approximate surface area is 95.6 Å². The molecular weight excluding hydrogens is 202 g/mol. The van der Waals surface area contributed by atoms with Crippen LogP contribution in [0.2, 0.25) is 0 Å². The van der Waals surface area contributed by atoms with Crippen molar-refractivity contribution < 1.29 is 9.47 Å². The molecule has 1 saturated carbocycles. The zero-order valence-corrected chi connectivity index (χ0v) is 9.56. The summed E-state index contributed by atoms with van der Waals surface area (Å²) in [5.41, 5.74) is 0.546. The van der Waals surface area contributed by atoms with Crippen molar-refractivity contribution in [2.24, 2.45) is 0 Å². The van der Waals surface area contributed by atoms with Gasteiger partial charge in [-0.15, -0.1) is 0 Å². The van der Waals surface area contributed by atoms with Gasteiger partial charge in [0.15, 0.2) is 11.5 Å². The molecule has 3 nitrogen and oxygen atoms in total. The van der Waals surface area contributed by atoms with Gasteiger partial charge in [0, 0.05) is 0 Å². The van der Waals surface area contributed by atoms with Crippen LogP contribution in [0.5, 0.6) is 11.5 Å². The minimum absolute atomic E-state index is 0.0792. The fourth-order valence-electron chi connectivity index (χ4n) is 1.42. The lowest BCUT2D eigenvalue weighted by atomic mass is 10.2. The maximum absolute atomic E-state index is 9.02. The van der Waals surface area contributed by atoms with Crippen molar-refractivity contribution in [1.29, 1.82) is 5.26 Å². The van der Waals surface area contributed by atoms with Crippen molar-refractivity contribution in [3.05, 3.63) is 23.8 Å². The second-order valence-electron chi connectivity index (χ2n) is 4.23. The smallest absolute Gasteiger partial charge is 0.179 e. The third-order valence-corrected chi connectivity index (χ3v) is 2.27. The van der Waals surface area contributed by atoms with Gasteiger partial charge in [-0.2, -0.15) is 5.26 Å². The van der Waals surface area contributed by atoms with Crippen LogP contribution in [-0.2, 0) is 0 Å². The molecule has 0 N–H and O–H groups in total. The molecule has 0 radical (unpaired) electrons. The van der Waals surface area contributed by atoms with Crippen molar-refractivity contribution in [2.75, 3.05) is 0 Å². The van der Waals surface area contributed by atoms with Crippen LogP contribution >= 0.6 is 0 Å². The first-order valence-corrected chi connectivity index (χ1v) is 5.57. The van der Waals surface area contributed by atoms with E-state index in [9.17, 15) is 0 Å². The van der Waals surface area contributed by atoms with Gasteiger partial charge in [-0.1, -0.05) is 6.07 Å². The highest BCUT2D eigenvalue weighted by molar-refractivity contribution is 5.52. The van der Waals surface area contributed by atoms with E-state index in [1.807, 2.05) is 26.0 Å². The van der Waals surface area contributed by atoms with Gasteiger partial charge in [0.1, 0.15) is 6.07 Å². The van der Waals surface area contributed by atoms with E-state index in [0.717, 1.165) is 12.8 Å². The highest BCUT2D eigenvalue weighted by Crippen LogP contribution is 2.36. The Morgan fingerprint density at radius 3 is 2.69 bits per heavy atom. The molecule has 0 bridgehead atoms. The Kier molecular flexibility index (Phi) is 3.00. The summed E-state index contributed by atoms with van der Waals surface area (Å²) in [6, 6.07) is 7.55. The van der Waals surface area contributed by atoms with Gasteiger partial charge in [-0.05, 0) is 38.8 Å². The molecule has 16 heavy (non-hydrogen) atoms. The molecule has 0 unspecified atom stereocenters. The summed E-state index contributed by atoms with van der Waals surface area (Å²) in [7, 11) is 0. The normalized spacial score (nSPS) is 14.6. The number of hydrogen-bond donors (Lipinski definition) is 0. The van der Waals surface area contributed by atoms with Crippen LogP contribution < -0.4 is 9.47 Å². The lowest BCUT2D eigenvalue weighted by Gasteiger charge is -2.15. The molecule has 0 spiro atoms. The van der Waals surface area contributed by atoms with E-state index in [1.54, 1.807) is 6.07 Å². The number of nitrogens with zero attached hydrogens (tertiary/aromatic N) is 1. The highest BCUT2D eigenvalue weighted by atomic mass is 16.5. The SMILES string of the molecule is CC(C)Oc1cccc(C#N)c1OC1CC1. The van der Waals surface area contributed by atoms with Gasteiger partial charge in [0.05, 0.1) is 17.8 Å². The molecule has 0 amide bonds. The summed E-state index contributed by atoms with van der Waals surface area (Å²) in [5, 5.41) is 9.02. The molecule has 2 rings (SSSR count). The van der Waals surface area contributed by atoms with Crippen LogP contribution in [0.25, 0.3) is 0 Å². The van der Waals surface area contributed by atoms with Crippen molar-refractivity contribution in [1.82, 2.24) is 0 Å². The Morgan fingerprint density at radius 1 is 1.38 bits per heavy atom. The largest absolute Gasteiger partial charge is 0.487 e. The highest BCUT2D eigenvalue weighted by Gasteiger charge is 2.26. The number of benzene rings is 1. The van der Waals surface area contributed by atoms with E-state index < -0.39 is 0 Å². The fourth-order valence-corrected chi connectivity index (χ4v) is 1.42. The zero-order chi connectivity index (χ0) is 11.5. The molecule has 0 saturated heterocycles. The maximum Gasteiger partial charge on any atom is 0.179 e. The number of hydrogen-bond acceptors (Lipinski definition) is 3. The van der Waals surface area contributed by atoms with Crippen LogP contribution in [0.15, 0.2) is 18.2 Å². The fraction of sp³-hybridized carbons (Fsp3) is 0.462. The topological polar surface area (TPSA) is 42.2 Å². The Hall–Kier alpha value is -1.69. The van der Waals surface area contributed by atoms with E-state index in [1.165, 1.54) is 0 Å². The molecular formula is C13H15NO2. The standard InChI is InChI=1S/C13H15NO2/c1-9(2)15-12-5-3-4-10(8-14)13(12)16-11-6-7-11/h3-5,9,11H,6-7H2,1-2H3. The van der Waals surface area contributed by atoms with Crippen molar-refractivity contribution >= 4 is 0 Å². The second-order valence-corrected chi connectivity index (χ2v) is 4.23. The van der Waals surface area contributed by atoms with Crippen molar-refractivity contribution in [2.45, 2.75) is 38.9 Å². The predicted octanol–water partition coefficient (Wildman–Crippen LogP) is 2.89. The first-order chi connectivity index (χ1) is 7.70. The maximum atomic E-state index is 9.02. The molecule has 1 aromatic carbocycles. The van der Waals surface area contributed by atoms with Crippen molar-refractivity contribution in [3.63, 3.8) is 0 Å². The summed E-state index contributed by atoms with van der Waals surface area (Å²) in [6.45, 7) is 3.92. The molecule has 0 aliphatic heterocycles. The number of ether oxygens (including phenoxy) is 2. The number of nitriles is 1. The summed E-state index contributed by atoms with van der Waals surface area (Å²) < 4.78 is 11.4. The summed E-state index contributed by atoms with van der Waals surface area (Å²) >= 11 is 0. The third-order valence-electron chi connectivity index (χ3n) is 2.27. The van der Waals surface area contributed by atoms with E-state index >= 15 is 0 Å². The van der Waals surface area contributed by atoms with E-state index in [-0.39, 0.29) is 12.2 Å². The Balaban J connectivity index is 2.29. The van der Waals surface area contributed by atoms with Crippen LogP contribution in [0.1, 0.15) is 32.3 Å². The number of rotatable bonds is 4. The average Bonchev–Trinajstić information content (AvgIpc) is 3.03. The molecule has 84 valence electrons. The zero-order valence-electron chi connectivity index (χ0n) is 9.56. The molecule has 3 heteroatoms. The van der Waals surface area contributed by atoms with E-state index in [4.69, 9.17) is 14.7 Å². The van der Waals surface area contributed by atoms with Gasteiger partial charge in [0.2, 0.25) is 0 Å². The predicted molar refractivity (Wildman–Crippen MR) is 60.6 cm³/mol. The van der Waals surface area contributed by atoms with Crippen LogP contribution in [-0.4, -0.2) is 12.2 Å². The Morgan fingerprint density at radius 2 is 2.12 bits per heavy atom. The lowest BCUT2D eigenvalue weighted by molar-refractivity contribution is 0.217. The van der Waals surface area contributed by atoms with Crippen LogP contribution in [0.3, 0.4) is 0 Å². The summed E-state index contributed by atoms with van der Waals surface area (Å²) in [6.07, 6.45) is 2.49. The van der Waals surface area contributed by atoms with Gasteiger partial charge in [-0.3, -0.25) is 0 Å². The summed E-state index contributed by atoms with van der Waals surface area (Å²) in [5.74, 6) is 1.27. The van der Waals surface area contributed by atoms with Crippen molar-refractivity contribution in [3.8, 4) is 17.6 Å². The molecule has 1 aromatic rings. The number of para-hydroxylation sites is 1. The lowest BCUT2D eigenvalue weighted by Crippen LogP contribution is -2.08. The molecule has 1 aliphatic rings. The van der Waals surface area contributed by atoms with Gasteiger partial charge in [0.25, 0.3) is 0 Å². The molecule has 1 aliphatic carbocycles. The van der Waals surface area contributed by atoms with E-state index in [2.05, 4.69) is 6.07 Å². The van der Waals surface area contributed by atoms with E-state index in [0.29, 0.717) is 17.1 Å². The molecule has 0 heterocycles. The quantitative estimate of drug-likeness (QED) is 0.778.